The molecule has 2 aliphatic carbocycles. The predicted octanol–water partition coefficient (Wildman–Crippen LogP) is 15.9. The van der Waals surface area contributed by atoms with E-state index >= 15 is 0 Å². The molecule has 0 saturated heterocycles. The zero-order chi connectivity index (χ0) is 52.3. The van der Waals surface area contributed by atoms with E-state index in [1.807, 2.05) is 24.3 Å². The lowest BCUT2D eigenvalue weighted by Crippen LogP contribution is -2.31. The maximum absolute atomic E-state index is 14.5. The first-order chi connectivity index (χ1) is 34.6. The molecule has 12 bridgehead atoms. The average Bonchev–Trinajstić information content (AvgIpc) is 3.34. The fraction of sp³-hybridized carbons (Fsp3) is 0.375. The number of benzene rings is 6. The molecule has 10 aliphatic heterocycles. The minimum absolute atomic E-state index is 0.264. The largest absolute Gasteiger partial charge is 0.322 e. The number of amides is 4. The quantitative estimate of drug-likeness (QED) is 0.113. The van der Waals surface area contributed by atoms with Crippen molar-refractivity contribution >= 4 is 69.0 Å². The second-order valence-corrected chi connectivity index (χ2v) is 24.1. The molecule has 8 nitrogen and oxygen atoms in total. The fourth-order valence-electron chi connectivity index (χ4n) is 12.5. The molecule has 0 unspecified atom stereocenters. The molecule has 0 atom stereocenters. The molecule has 0 aromatic heterocycles. The highest BCUT2D eigenvalue weighted by atomic mass is 127. The molecule has 2 fully saturated rings. The summed E-state index contributed by atoms with van der Waals surface area (Å²) in [4.78, 5) is 57.6. The smallest absolute Gasteiger partial charge is 0.255 e. The van der Waals surface area contributed by atoms with E-state index in [1.165, 1.54) is 35.1 Å². The Kier molecular flexibility index (Phi) is 14.2. The van der Waals surface area contributed by atoms with Crippen molar-refractivity contribution in [1.82, 2.24) is 0 Å². The van der Waals surface area contributed by atoms with Crippen LogP contribution in [0.15, 0.2) is 84.9 Å². The Labute approximate surface area is 446 Å². The second kappa shape index (κ2) is 20.0. The van der Waals surface area contributed by atoms with E-state index in [1.54, 1.807) is 12.1 Å². The van der Waals surface area contributed by atoms with Crippen LogP contribution in [-0.2, 0) is 16.2 Å². The molecular formula is C64H71IN4O4. The normalized spacial score (nSPS) is 17.0. The van der Waals surface area contributed by atoms with Gasteiger partial charge in [0.15, 0.2) is 0 Å². The van der Waals surface area contributed by atoms with Crippen molar-refractivity contribution in [1.29, 1.82) is 0 Å². The first kappa shape index (κ1) is 51.8. The van der Waals surface area contributed by atoms with E-state index in [9.17, 15) is 19.2 Å². The molecule has 6 aromatic carbocycles. The van der Waals surface area contributed by atoms with Crippen LogP contribution in [0.2, 0.25) is 0 Å². The van der Waals surface area contributed by atoms with Gasteiger partial charge in [-0.15, -0.1) is 0 Å². The summed E-state index contributed by atoms with van der Waals surface area (Å²) in [7, 11) is 0. The molecule has 2 spiro atoms. The first-order valence-corrected chi connectivity index (χ1v) is 27.3. The predicted molar refractivity (Wildman–Crippen MR) is 308 cm³/mol. The van der Waals surface area contributed by atoms with Crippen LogP contribution in [-0.4, -0.2) is 23.6 Å². The van der Waals surface area contributed by atoms with Crippen LogP contribution in [0.4, 0.5) is 22.7 Å². The standard InChI is InChI=1S/C64H71IN4O4/c1-36-22-49-23-37(2)54(36)66-58(70)44-30-45(33-48(32-44)62(9,10)11)59(71)67-55-38(3)24-50(25-39(55)4)64(20-16-13-17-21-64)52-28-42(7)57(43(8)29-52)69-61(73)47-31-46(34-53(65)35-47)60(72)68-56-40(5)26-51(27-41(56)6)63(49)18-14-12-15-19-63/h22-35H,12-21H2,1-11H3,(H,66,70)(H,67,71)(H,68,72)(H,69,73). The molecule has 378 valence electrons. The number of aryl methyl sites for hydroxylation is 8. The van der Waals surface area contributed by atoms with Gasteiger partial charge in [0.05, 0.1) is 0 Å². The molecule has 4 amide bonds. The van der Waals surface area contributed by atoms with Crippen LogP contribution >= 0.6 is 22.6 Å². The van der Waals surface area contributed by atoms with Gasteiger partial charge in [-0.1, -0.05) is 108 Å². The van der Waals surface area contributed by atoms with Gasteiger partial charge in [-0.25, -0.2) is 0 Å². The van der Waals surface area contributed by atoms with Gasteiger partial charge >= 0.3 is 0 Å². The van der Waals surface area contributed by atoms with Crippen molar-refractivity contribution in [2.75, 3.05) is 21.3 Å². The number of rotatable bonds is 0. The van der Waals surface area contributed by atoms with Crippen LogP contribution in [0.5, 0.6) is 0 Å². The lowest BCUT2D eigenvalue weighted by atomic mass is 9.64. The van der Waals surface area contributed by atoms with Crippen molar-refractivity contribution in [3.63, 3.8) is 0 Å². The zero-order valence-corrected chi connectivity index (χ0v) is 46.8. The Balaban J connectivity index is 1.18. The third-order valence-corrected chi connectivity index (χ3v) is 17.1. The highest BCUT2D eigenvalue weighted by Gasteiger charge is 2.39. The number of anilines is 4. The van der Waals surface area contributed by atoms with E-state index in [2.05, 4.69) is 169 Å². The summed E-state index contributed by atoms with van der Waals surface area (Å²) in [6.45, 7) is 22.8. The van der Waals surface area contributed by atoms with Crippen molar-refractivity contribution in [2.24, 2.45) is 0 Å². The molecule has 10 heterocycles. The third-order valence-electron chi connectivity index (χ3n) is 16.5. The summed E-state index contributed by atoms with van der Waals surface area (Å²) in [5, 5.41) is 13.1. The van der Waals surface area contributed by atoms with Crippen LogP contribution in [0.3, 0.4) is 0 Å². The molecule has 9 heteroatoms. The highest BCUT2D eigenvalue weighted by molar-refractivity contribution is 14.1. The fourth-order valence-corrected chi connectivity index (χ4v) is 13.1. The zero-order valence-electron chi connectivity index (χ0n) is 44.7. The van der Waals surface area contributed by atoms with Crippen LogP contribution in [0.25, 0.3) is 0 Å². The number of halogens is 1. The monoisotopic (exact) mass is 1090 g/mol. The molecule has 4 N–H and O–H groups in total. The molecule has 2 saturated carbocycles. The molecular weight excluding hydrogens is 1020 g/mol. The number of carbonyl (C=O) groups excluding carboxylic acids is 4. The minimum atomic E-state index is -0.338. The van der Waals surface area contributed by atoms with Gasteiger partial charge in [-0.2, -0.15) is 0 Å². The van der Waals surface area contributed by atoms with Crippen molar-refractivity contribution in [3.8, 4) is 0 Å². The van der Waals surface area contributed by atoms with Crippen LogP contribution in [0.1, 0.15) is 199 Å². The van der Waals surface area contributed by atoms with E-state index in [0.717, 1.165) is 128 Å². The average molecular weight is 1090 g/mol. The Bertz CT molecular complexity index is 2960. The van der Waals surface area contributed by atoms with E-state index < -0.39 is 0 Å². The maximum Gasteiger partial charge on any atom is 0.255 e. The topological polar surface area (TPSA) is 116 Å². The Morgan fingerprint density at radius 3 is 0.822 bits per heavy atom. The highest BCUT2D eigenvalue weighted by Crippen LogP contribution is 2.49. The van der Waals surface area contributed by atoms with Crippen molar-refractivity contribution < 1.29 is 19.2 Å². The summed E-state index contributed by atoms with van der Waals surface area (Å²) in [5.41, 5.74) is 17.4. The molecule has 73 heavy (non-hydrogen) atoms. The summed E-state index contributed by atoms with van der Waals surface area (Å²) < 4.78 is 0.787. The van der Waals surface area contributed by atoms with Crippen LogP contribution in [0, 0.1) is 59.0 Å². The van der Waals surface area contributed by atoms with Crippen LogP contribution < -0.4 is 21.3 Å². The summed E-state index contributed by atoms with van der Waals surface area (Å²) in [6, 6.07) is 28.8. The van der Waals surface area contributed by atoms with E-state index in [-0.39, 0.29) is 39.9 Å². The number of hydrogen-bond donors (Lipinski definition) is 4. The van der Waals surface area contributed by atoms with E-state index in [0.29, 0.717) is 22.3 Å². The Morgan fingerprint density at radius 2 is 0.589 bits per heavy atom. The van der Waals surface area contributed by atoms with Gasteiger partial charge in [-0.05, 0) is 218 Å². The molecule has 18 rings (SSSR count). The van der Waals surface area contributed by atoms with Crippen molar-refractivity contribution in [2.45, 2.75) is 157 Å². The van der Waals surface area contributed by atoms with Gasteiger partial charge in [0.1, 0.15) is 0 Å². The van der Waals surface area contributed by atoms with Gasteiger partial charge < -0.3 is 21.3 Å². The molecule has 6 aromatic rings. The minimum Gasteiger partial charge on any atom is -0.322 e. The maximum atomic E-state index is 14.5. The number of carbonyl (C=O) groups is 4. The summed E-state index contributed by atoms with van der Waals surface area (Å²) in [5.74, 6) is -1.08. The SMILES string of the molecule is Cc1cc2cc(C)c1NC(=O)c1cc(I)cc(c1)C(=O)Nc1c(C)cc(cc1C)C1(CCCCC1)c1cc(C)c(c(C)c1)NC(=O)c1cc(cc(C(C)(C)C)c1)C(=O)Nc1c(C)cc(cc1C)C21CCCCC1. The van der Waals surface area contributed by atoms with E-state index in [4.69, 9.17) is 0 Å². The number of hydrogen-bond acceptors (Lipinski definition) is 4. The Hall–Kier alpha value is -6.07. The van der Waals surface area contributed by atoms with Gasteiger partial charge in [0, 0.05) is 59.4 Å². The third kappa shape index (κ3) is 10.0. The lowest BCUT2D eigenvalue weighted by Gasteiger charge is -2.40. The second-order valence-electron chi connectivity index (χ2n) is 22.8. The Morgan fingerprint density at radius 1 is 0.356 bits per heavy atom. The van der Waals surface area contributed by atoms with Gasteiger partial charge in [0.2, 0.25) is 0 Å². The van der Waals surface area contributed by atoms with Gasteiger partial charge in [-0.3, -0.25) is 19.2 Å². The first-order valence-electron chi connectivity index (χ1n) is 26.3. The molecule has 0 radical (unpaired) electrons. The van der Waals surface area contributed by atoms with Crippen molar-refractivity contribution in [3.05, 3.63) is 183 Å². The summed E-state index contributed by atoms with van der Waals surface area (Å²) >= 11 is 2.19. The van der Waals surface area contributed by atoms with Gasteiger partial charge in [0.25, 0.3) is 23.6 Å². The number of nitrogens with one attached hydrogen (secondary N) is 4. The lowest BCUT2D eigenvalue weighted by molar-refractivity contribution is 0.101. The summed E-state index contributed by atoms with van der Waals surface area (Å²) in [6.07, 6.45) is 10.6. The molecule has 12 aliphatic rings.